The van der Waals surface area contributed by atoms with Crippen LogP contribution in [0.4, 0.5) is 13.2 Å². The van der Waals surface area contributed by atoms with Crippen LogP contribution in [0.2, 0.25) is 0 Å². The molecule has 0 radical (unpaired) electrons. The Morgan fingerprint density at radius 2 is 1.90 bits per heavy atom. The van der Waals surface area contributed by atoms with Gasteiger partial charge in [-0.3, -0.25) is 0 Å². The molecule has 0 atom stereocenters. The third-order valence-corrected chi connectivity index (χ3v) is 3.37. The molecule has 0 aliphatic carbocycles. The van der Waals surface area contributed by atoms with Gasteiger partial charge in [0.15, 0.2) is 0 Å². The summed E-state index contributed by atoms with van der Waals surface area (Å²) in [7, 11) is 0. The number of thiazole rings is 1. The molecule has 2 nitrogen and oxygen atoms in total. The first-order valence-electron chi connectivity index (χ1n) is 5.50. The molecule has 1 aromatic carbocycles. The maximum atomic E-state index is 12.0. The van der Waals surface area contributed by atoms with Crippen LogP contribution in [0.5, 0.6) is 5.75 Å². The zero-order valence-corrected chi connectivity index (χ0v) is 11.6. The molecule has 106 valence electrons. The second-order valence-electron chi connectivity index (χ2n) is 3.76. The van der Waals surface area contributed by atoms with Gasteiger partial charge in [-0.1, -0.05) is 18.2 Å². The van der Waals surface area contributed by atoms with E-state index in [2.05, 4.69) is 9.72 Å². The zero-order chi connectivity index (χ0) is 14.6. The third kappa shape index (κ3) is 4.54. The smallest absolute Gasteiger partial charge is 0.406 e. The van der Waals surface area contributed by atoms with Gasteiger partial charge in [0.2, 0.25) is 0 Å². The van der Waals surface area contributed by atoms with Crippen LogP contribution in [-0.4, -0.2) is 11.3 Å². The van der Waals surface area contributed by atoms with Gasteiger partial charge in [0.1, 0.15) is 10.8 Å². The number of hydrogen-bond acceptors (Lipinski definition) is 3. The largest absolute Gasteiger partial charge is 0.573 e. The van der Waals surface area contributed by atoms with Gasteiger partial charge in [0.25, 0.3) is 0 Å². The number of nitrogens with zero attached hydrogens (tertiary/aromatic N) is 1. The molecule has 0 saturated heterocycles. The van der Waals surface area contributed by atoms with Crippen molar-refractivity contribution < 1.29 is 17.9 Å². The Morgan fingerprint density at radius 3 is 2.45 bits per heavy atom. The Morgan fingerprint density at radius 1 is 1.20 bits per heavy atom. The maximum Gasteiger partial charge on any atom is 0.573 e. The topological polar surface area (TPSA) is 22.1 Å². The van der Waals surface area contributed by atoms with Gasteiger partial charge < -0.3 is 4.74 Å². The van der Waals surface area contributed by atoms with Crippen LogP contribution in [0.3, 0.4) is 0 Å². The predicted molar refractivity (Wildman–Crippen MR) is 73.7 cm³/mol. The summed E-state index contributed by atoms with van der Waals surface area (Å²) in [5.74, 6) is 0.113. The zero-order valence-electron chi connectivity index (χ0n) is 10.0. The first-order chi connectivity index (χ1) is 9.46. The minimum absolute atomic E-state index is 0.242. The molecule has 0 N–H and O–H groups in total. The molecule has 0 amide bonds. The highest BCUT2D eigenvalue weighted by atomic mass is 35.5. The number of hydrogen-bond donors (Lipinski definition) is 0. The lowest BCUT2D eigenvalue weighted by Crippen LogP contribution is -2.16. The molecule has 0 saturated carbocycles. The van der Waals surface area contributed by atoms with Crippen molar-refractivity contribution >= 4 is 35.1 Å². The third-order valence-electron chi connectivity index (χ3n) is 2.24. The molecular weight excluding hydrogens is 311 g/mol. The molecule has 0 aliphatic rings. The average molecular weight is 320 g/mol. The summed E-state index contributed by atoms with van der Waals surface area (Å²) < 4.78 is 39.8. The fourth-order valence-electron chi connectivity index (χ4n) is 1.41. The van der Waals surface area contributed by atoms with Crippen LogP contribution in [0.1, 0.15) is 16.3 Å². The summed E-state index contributed by atoms with van der Waals surface area (Å²) in [6.07, 6.45) is -1.13. The Bertz CT molecular complexity index is 592. The lowest BCUT2D eigenvalue weighted by Gasteiger charge is -2.08. The van der Waals surface area contributed by atoms with Crippen molar-refractivity contribution in [3.63, 3.8) is 0 Å². The minimum Gasteiger partial charge on any atom is -0.406 e. The van der Waals surface area contributed by atoms with Gasteiger partial charge in [-0.25, -0.2) is 4.98 Å². The molecule has 0 fully saturated rings. The van der Waals surface area contributed by atoms with E-state index in [1.165, 1.54) is 35.6 Å². The molecule has 7 heteroatoms. The normalized spacial score (nSPS) is 12.0. The van der Waals surface area contributed by atoms with E-state index in [-0.39, 0.29) is 5.75 Å². The summed E-state index contributed by atoms with van der Waals surface area (Å²) in [6, 6.07) is 5.60. The highest BCUT2D eigenvalue weighted by Crippen LogP contribution is 2.23. The van der Waals surface area contributed by atoms with E-state index >= 15 is 0 Å². The average Bonchev–Trinajstić information content (AvgIpc) is 2.84. The Balaban J connectivity index is 2.03. The van der Waals surface area contributed by atoms with Crippen LogP contribution in [-0.2, 0) is 5.88 Å². The standard InChI is InChI=1S/C13H9ClF3NOS/c14-7-10-8-20-12(18-10)6-3-9-1-4-11(5-2-9)19-13(15,16)17/h1-6,8H,7H2/b6-3+. The second kappa shape index (κ2) is 6.28. The van der Waals surface area contributed by atoms with Crippen molar-refractivity contribution in [2.24, 2.45) is 0 Å². The molecule has 0 unspecified atom stereocenters. The summed E-state index contributed by atoms with van der Waals surface area (Å²) in [6.45, 7) is 0. The Kier molecular flexibility index (Phi) is 4.67. The van der Waals surface area contributed by atoms with Crippen molar-refractivity contribution in [2.45, 2.75) is 12.2 Å². The summed E-state index contributed by atoms with van der Waals surface area (Å²) in [5.41, 5.74) is 1.55. The number of aromatic nitrogens is 1. The summed E-state index contributed by atoms with van der Waals surface area (Å²) in [4.78, 5) is 4.24. The molecule has 0 aliphatic heterocycles. The van der Waals surface area contributed by atoms with Gasteiger partial charge in [-0.05, 0) is 23.8 Å². The van der Waals surface area contributed by atoms with E-state index in [4.69, 9.17) is 11.6 Å². The Hall–Kier alpha value is -1.53. The molecule has 2 rings (SSSR count). The van der Waals surface area contributed by atoms with Crippen LogP contribution in [0, 0.1) is 0 Å². The minimum atomic E-state index is -4.67. The molecule has 1 heterocycles. The van der Waals surface area contributed by atoms with Crippen LogP contribution in [0.15, 0.2) is 29.6 Å². The number of halogens is 4. The number of alkyl halides is 4. The van der Waals surface area contributed by atoms with E-state index in [1.807, 2.05) is 5.38 Å². The van der Waals surface area contributed by atoms with Gasteiger partial charge in [-0.2, -0.15) is 0 Å². The quantitative estimate of drug-likeness (QED) is 0.744. The van der Waals surface area contributed by atoms with Crippen LogP contribution < -0.4 is 4.74 Å². The number of rotatable bonds is 4. The highest BCUT2D eigenvalue weighted by Gasteiger charge is 2.30. The van der Waals surface area contributed by atoms with E-state index < -0.39 is 6.36 Å². The van der Waals surface area contributed by atoms with Crippen molar-refractivity contribution in [1.82, 2.24) is 4.98 Å². The van der Waals surface area contributed by atoms with Crippen molar-refractivity contribution in [3.8, 4) is 5.75 Å². The van der Waals surface area contributed by atoms with E-state index in [0.717, 1.165) is 16.3 Å². The first kappa shape index (κ1) is 14.9. The van der Waals surface area contributed by atoms with Crippen molar-refractivity contribution in [1.29, 1.82) is 0 Å². The van der Waals surface area contributed by atoms with Crippen LogP contribution >= 0.6 is 22.9 Å². The highest BCUT2D eigenvalue weighted by molar-refractivity contribution is 7.10. The molecule has 20 heavy (non-hydrogen) atoms. The Labute approximate surface area is 122 Å². The second-order valence-corrected chi connectivity index (χ2v) is 4.92. The molecule has 0 spiro atoms. The van der Waals surface area contributed by atoms with Gasteiger partial charge >= 0.3 is 6.36 Å². The fraction of sp³-hybridized carbons (Fsp3) is 0.154. The lowest BCUT2D eigenvalue weighted by atomic mass is 10.2. The molecule has 0 bridgehead atoms. The van der Waals surface area contributed by atoms with Gasteiger partial charge in [0.05, 0.1) is 11.6 Å². The SMILES string of the molecule is FC(F)(F)Oc1ccc(/C=C/c2nc(CCl)cs2)cc1. The van der Waals surface area contributed by atoms with Gasteiger partial charge in [-0.15, -0.1) is 36.1 Å². The fourth-order valence-corrected chi connectivity index (χ4v) is 2.35. The lowest BCUT2D eigenvalue weighted by molar-refractivity contribution is -0.274. The number of benzene rings is 1. The van der Waals surface area contributed by atoms with E-state index in [1.54, 1.807) is 12.2 Å². The van der Waals surface area contributed by atoms with Gasteiger partial charge in [0, 0.05) is 5.38 Å². The monoisotopic (exact) mass is 319 g/mol. The predicted octanol–water partition coefficient (Wildman–Crippen LogP) is 4.95. The molecule has 1 aromatic heterocycles. The molecule has 2 aromatic rings. The van der Waals surface area contributed by atoms with E-state index in [9.17, 15) is 13.2 Å². The maximum absolute atomic E-state index is 12.0. The summed E-state index contributed by atoms with van der Waals surface area (Å²) in [5, 5.41) is 2.64. The number of ether oxygens (including phenoxy) is 1. The summed E-state index contributed by atoms with van der Waals surface area (Å²) >= 11 is 7.09. The van der Waals surface area contributed by atoms with E-state index in [0.29, 0.717) is 5.88 Å². The first-order valence-corrected chi connectivity index (χ1v) is 6.92. The van der Waals surface area contributed by atoms with Crippen molar-refractivity contribution in [2.75, 3.05) is 0 Å². The molecular formula is C13H9ClF3NOS. The van der Waals surface area contributed by atoms with Crippen LogP contribution in [0.25, 0.3) is 12.2 Å². The van der Waals surface area contributed by atoms with Crippen molar-refractivity contribution in [3.05, 3.63) is 45.9 Å².